The van der Waals surface area contributed by atoms with Crippen LogP contribution in [0.4, 0.5) is 15.8 Å². The van der Waals surface area contributed by atoms with Gasteiger partial charge in [0.05, 0.1) is 23.4 Å². The number of methoxy groups -OCH3 is 1. The molecule has 0 aliphatic heterocycles. The van der Waals surface area contributed by atoms with Crippen molar-refractivity contribution in [2.75, 3.05) is 18.2 Å². The third kappa shape index (κ3) is 3.00. The second-order valence-corrected chi connectivity index (χ2v) is 4.45. The van der Waals surface area contributed by atoms with Gasteiger partial charge in [0.15, 0.2) is 0 Å². The van der Waals surface area contributed by atoms with Crippen LogP contribution in [0.25, 0.3) is 0 Å². The molecule has 3 N–H and O–H groups in total. The SMILES string of the molecule is COc1cc(F)ccc1NC(=O)c1ccc(N)cc1Cl. The summed E-state index contributed by atoms with van der Waals surface area (Å²) in [6, 6.07) is 8.39. The number of hydrogen-bond acceptors (Lipinski definition) is 3. The maximum Gasteiger partial charge on any atom is 0.257 e. The minimum atomic E-state index is -0.453. The molecule has 0 unspecified atom stereocenters. The van der Waals surface area contributed by atoms with E-state index in [2.05, 4.69) is 5.32 Å². The van der Waals surface area contributed by atoms with Crippen LogP contribution in [0.15, 0.2) is 36.4 Å². The normalized spacial score (nSPS) is 10.2. The zero-order chi connectivity index (χ0) is 14.7. The number of halogens is 2. The van der Waals surface area contributed by atoms with E-state index in [9.17, 15) is 9.18 Å². The molecule has 0 bridgehead atoms. The second kappa shape index (κ2) is 5.79. The fourth-order valence-corrected chi connectivity index (χ4v) is 1.95. The Hall–Kier alpha value is -2.27. The van der Waals surface area contributed by atoms with E-state index < -0.39 is 11.7 Å². The number of nitrogens with two attached hydrogens (primary N) is 1. The largest absolute Gasteiger partial charge is 0.494 e. The molecule has 0 heterocycles. The van der Waals surface area contributed by atoms with E-state index in [1.807, 2.05) is 0 Å². The van der Waals surface area contributed by atoms with Gasteiger partial charge in [-0.1, -0.05) is 11.6 Å². The molecule has 0 saturated carbocycles. The van der Waals surface area contributed by atoms with Crippen molar-refractivity contribution in [3.63, 3.8) is 0 Å². The summed E-state index contributed by atoms with van der Waals surface area (Å²) in [5.74, 6) is -0.657. The van der Waals surface area contributed by atoms with Crippen molar-refractivity contribution in [2.45, 2.75) is 0 Å². The Morgan fingerprint density at radius 3 is 2.70 bits per heavy atom. The lowest BCUT2D eigenvalue weighted by molar-refractivity contribution is 0.102. The molecular formula is C14H12ClFN2O2. The summed E-state index contributed by atoms with van der Waals surface area (Å²) >= 11 is 5.96. The van der Waals surface area contributed by atoms with Gasteiger partial charge in [-0.3, -0.25) is 4.79 Å². The highest BCUT2D eigenvalue weighted by Crippen LogP contribution is 2.27. The van der Waals surface area contributed by atoms with Gasteiger partial charge in [0.2, 0.25) is 0 Å². The van der Waals surface area contributed by atoms with E-state index in [0.717, 1.165) is 0 Å². The highest BCUT2D eigenvalue weighted by atomic mass is 35.5. The third-order valence-corrected chi connectivity index (χ3v) is 2.96. The summed E-state index contributed by atoms with van der Waals surface area (Å²) in [6.45, 7) is 0. The Morgan fingerprint density at radius 1 is 1.30 bits per heavy atom. The topological polar surface area (TPSA) is 64.3 Å². The summed E-state index contributed by atoms with van der Waals surface area (Å²) in [5, 5.41) is 2.85. The van der Waals surface area contributed by atoms with Crippen molar-refractivity contribution in [1.29, 1.82) is 0 Å². The average Bonchev–Trinajstić information content (AvgIpc) is 2.40. The lowest BCUT2D eigenvalue weighted by atomic mass is 10.2. The first-order valence-electron chi connectivity index (χ1n) is 5.71. The summed E-state index contributed by atoms with van der Waals surface area (Å²) < 4.78 is 18.1. The molecule has 6 heteroatoms. The van der Waals surface area contributed by atoms with E-state index in [1.165, 1.54) is 37.4 Å². The Bertz CT molecular complexity index is 662. The minimum absolute atomic E-state index is 0.227. The molecule has 0 radical (unpaired) electrons. The van der Waals surface area contributed by atoms with Gasteiger partial charge in [0.25, 0.3) is 5.91 Å². The number of carbonyl (C=O) groups excluding carboxylic acids is 1. The van der Waals surface area contributed by atoms with Crippen LogP contribution in [0.5, 0.6) is 5.75 Å². The maximum absolute atomic E-state index is 13.1. The molecule has 0 spiro atoms. The first kappa shape index (κ1) is 14.1. The molecule has 0 saturated heterocycles. The lowest BCUT2D eigenvalue weighted by Gasteiger charge is -2.11. The average molecular weight is 295 g/mol. The fourth-order valence-electron chi connectivity index (χ4n) is 1.67. The highest BCUT2D eigenvalue weighted by Gasteiger charge is 2.13. The van der Waals surface area contributed by atoms with Gasteiger partial charge in [0, 0.05) is 11.8 Å². The van der Waals surface area contributed by atoms with Crippen LogP contribution in [0.2, 0.25) is 5.02 Å². The zero-order valence-corrected chi connectivity index (χ0v) is 11.4. The van der Waals surface area contributed by atoms with E-state index >= 15 is 0 Å². The van der Waals surface area contributed by atoms with E-state index in [1.54, 1.807) is 6.07 Å². The minimum Gasteiger partial charge on any atom is -0.494 e. The Balaban J connectivity index is 2.28. The van der Waals surface area contributed by atoms with Crippen molar-refractivity contribution >= 4 is 28.9 Å². The summed E-state index contributed by atoms with van der Waals surface area (Å²) in [4.78, 5) is 12.1. The number of ether oxygens (including phenoxy) is 1. The number of hydrogen-bond donors (Lipinski definition) is 2. The number of rotatable bonds is 3. The van der Waals surface area contributed by atoms with Gasteiger partial charge >= 0.3 is 0 Å². The standard InChI is InChI=1S/C14H12ClFN2O2/c1-20-13-6-8(16)2-5-12(13)18-14(19)10-4-3-9(17)7-11(10)15/h2-7H,17H2,1H3,(H,18,19). The first-order chi connectivity index (χ1) is 9.51. The van der Waals surface area contributed by atoms with Crippen molar-refractivity contribution in [2.24, 2.45) is 0 Å². The van der Waals surface area contributed by atoms with Gasteiger partial charge in [-0.15, -0.1) is 0 Å². The predicted octanol–water partition coefficient (Wildman–Crippen LogP) is 3.32. The number of nitrogens with one attached hydrogen (secondary N) is 1. The molecule has 20 heavy (non-hydrogen) atoms. The monoisotopic (exact) mass is 294 g/mol. The molecule has 2 aromatic carbocycles. The Kier molecular flexibility index (Phi) is 4.10. The molecule has 0 fully saturated rings. The van der Waals surface area contributed by atoms with E-state index in [0.29, 0.717) is 11.4 Å². The molecule has 0 aliphatic rings. The molecule has 2 aromatic rings. The van der Waals surface area contributed by atoms with Gasteiger partial charge in [0.1, 0.15) is 11.6 Å². The van der Waals surface area contributed by atoms with Crippen LogP contribution in [0.3, 0.4) is 0 Å². The molecule has 2 rings (SSSR count). The predicted molar refractivity (Wildman–Crippen MR) is 76.8 cm³/mol. The summed E-state index contributed by atoms with van der Waals surface area (Å²) in [5.41, 5.74) is 6.65. The molecule has 104 valence electrons. The first-order valence-corrected chi connectivity index (χ1v) is 6.09. The van der Waals surface area contributed by atoms with Gasteiger partial charge in [-0.25, -0.2) is 4.39 Å². The fraction of sp³-hybridized carbons (Fsp3) is 0.0714. The number of anilines is 2. The van der Waals surface area contributed by atoms with Crippen LogP contribution in [-0.2, 0) is 0 Å². The zero-order valence-electron chi connectivity index (χ0n) is 10.6. The number of amides is 1. The smallest absolute Gasteiger partial charge is 0.257 e. The quantitative estimate of drug-likeness (QED) is 0.854. The van der Waals surface area contributed by atoms with Crippen LogP contribution in [-0.4, -0.2) is 13.0 Å². The third-order valence-electron chi connectivity index (χ3n) is 2.65. The van der Waals surface area contributed by atoms with Crippen molar-refractivity contribution in [3.8, 4) is 5.75 Å². The Morgan fingerprint density at radius 2 is 2.05 bits per heavy atom. The van der Waals surface area contributed by atoms with Crippen molar-refractivity contribution < 1.29 is 13.9 Å². The maximum atomic E-state index is 13.1. The van der Waals surface area contributed by atoms with E-state index in [4.69, 9.17) is 22.1 Å². The number of benzene rings is 2. The molecule has 0 aliphatic carbocycles. The molecule has 4 nitrogen and oxygen atoms in total. The van der Waals surface area contributed by atoms with Crippen molar-refractivity contribution in [1.82, 2.24) is 0 Å². The van der Waals surface area contributed by atoms with Gasteiger partial charge in [-0.2, -0.15) is 0 Å². The molecule has 1 amide bonds. The second-order valence-electron chi connectivity index (χ2n) is 4.04. The Labute approximate surface area is 120 Å². The van der Waals surface area contributed by atoms with Crippen molar-refractivity contribution in [3.05, 3.63) is 52.8 Å². The number of nitrogen functional groups attached to an aromatic ring is 1. The van der Waals surface area contributed by atoms with Crippen LogP contribution < -0.4 is 15.8 Å². The molecular weight excluding hydrogens is 283 g/mol. The van der Waals surface area contributed by atoms with Crippen LogP contribution in [0.1, 0.15) is 10.4 Å². The van der Waals surface area contributed by atoms with Gasteiger partial charge < -0.3 is 15.8 Å². The molecule has 0 aromatic heterocycles. The van der Waals surface area contributed by atoms with Crippen LogP contribution >= 0.6 is 11.6 Å². The van der Waals surface area contributed by atoms with Crippen LogP contribution in [0, 0.1) is 5.82 Å². The van der Waals surface area contributed by atoms with E-state index in [-0.39, 0.29) is 16.3 Å². The lowest BCUT2D eigenvalue weighted by Crippen LogP contribution is -2.13. The number of carbonyl (C=O) groups is 1. The summed E-state index contributed by atoms with van der Waals surface area (Å²) in [7, 11) is 1.39. The summed E-state index contributed by atoms with van der Waals surface area (Å²) in [6.07, 6.45) is 0. The molecule has 0 atom stereocenters. The van der Waals surface area contributed by atoms with Gasteiger partial charge in [-0.05, 0) is 30.3 Å². The highest BCUT2D eigenvalue weighted by molar-refractivity contribution is 6.34.